The van der Waals surface area contributed by atoms with Crippen LogP contribution in [-0.4, -0.2) is 45.3 Å². The molecule has 1 aromatic rings. The van der Waals surface area contributed by atoms with Gasteiger partial charge in [0.2, 0.25) is 0 Å². The zero-order valence-electron chi connectivity index (χ0n) is 9.78. The molecule has 1 aliphatic heterocycles. The molecule has 1 aromatic heterocycles. The van der Waals surface area contributed by atoms with Crippen molar-refractivity contribution >= 4 is 5.91 Å². The van der Waals surface area contributed by atoms with Crippen molar-refractivity contribution in [3.05, 3.63) is 17.0 Å². The Bertz CT molecular complexity index is 441. The molecule has 1 fully saturated rings. The van der Waals surface area contributed by atoms with Crippen LogP contribution in [0.15, 0.2) is 0 Å². The number of rotatable bonds is 1. The number of aromatic nitrogens is 2. The van der Waals surface area contributed by atoms with Crippen LogP contribution in [0.25, 0.3) is 0 Å². The molecule has 1 unspecified atom stereocenters. The number of aromatic amines is 1. The number of piperidine rings is 1. The molecule has 5 heteroatoms. The fourth-order valence-electron chi connectivity index (χ4n) is 2.79. The van der Waals surface area contributed by atoms with Crippen molar-refractivity contribution in [3.63, 3.8) is 0 Å². The van der Waals surface area contributed by atoms with E-state index in [0.29, 0.717) is 12.2 Å². The minimum Gasteiger partial charge on any atom is -0.391 e. The lowest BCUT2D eigenvalue weighted by Gasteiger charge is -2.29. The van der Waals surface area contributed by atoms with Gasteiger partial charge in [0.05, 0.1) is 6.10 Å². The third-order valence-electron chi connectivity index (χ3n) is 3.69. The standard InChI is InChI=1S/C12H17N3O2/c16-8-3-2-6-15(7-8)12(17)11-9-4-1-5-10(9)13-14-11/h8,16H,1-7H2,(H,13,14). The lowest BCUT2D eigenvalue weighted by atomic mass is 10.1. The Morgan fingerprint density at radius 3 is 3.12 bits per heavy atom. The molecule has 1 atom stereocenters. The van der Waals surface area contributed by atoms with Crippen molar-refractivity contribution in [1.82, 2.24) is 15.1 Å². The number of β-amino-alcohol motifs (C(OH)–C–C–N with tert-alkyl or cyclic N) is 1. The molecule has 3 rings (SSSR count). The first kappa shape index (κ1) is 10.8. The number of nitrogens with one attached hydrogen (secondary N) is 1. The number of amides is 1. The maximum atomic E-state index is 12.3. The molecular formula is C12H17N3O2. The van der Waals surface area contributed by atoms with Gasteiger partial charge in [-0.2, -0.15) is 5.10 Å². The Morgan fingerprint density at radius 1 is 1.41 bits per heavy atom. The number of aliphatic hydroxyl groups is 1. The molecule has 1 saturated heterocycles. The molecule has 1 aliphatic carbocycles. The molecule has 0 bridgehead atoms. The summed E-state index contributed by atoms with van der Waals surface area (Å²) in [6, 6.07) is 0. The Kier molecular flexibility index (Phi) is 2.63. The van der Waals surface area contributed by atoms with Gasteiger partial charge in [-0.05, 0) is 32.1 Å². The number of hydrogen-bond donors (Lipinski definition) is 2. The Morgan fingerprint density at radius 2 is 2.29 bits per heavy atom. The molecule has 2 heterocycles. The first-order valence-corrected chi connectivity index (χ1v) is 6.29. The highest BCUT2D eigenvalue weighted by atomic mass is 16.3. The number of carbonyl (C=O) groups is 1. The topological polar surface area (TPSA) is 69.2 Å². The quantitative estimate of drug-likeness (QED) is 0.744. The lowest BCUT2D eigenvalue weighted by Crippen LogP contribution is -2.42. The molecule has 1 amide bonds. The molecule has 2 N–H and O–H groups in total. The molecule has 0 spiro atoms. The number of carbonyl (C=O) groups excluding carboxylic acids is 1. The maximum Gasteiger partial charge on any atom is 0.274 e. The SMILES string of the molecule is O=C(c1n[nH]c2c1CCC2)N1CCCC(O)C1. The third kappa shape index (κ3) is 1.84. The number of aryl methyl sites for hydroxylation is 1. The van der Waals surface area contributed by atoms with Crippen LogP contribution in [0.4, 0.5) is 0 Å². The maximum absolute atomic E-state index is 12.3. The van der Waals surface area contributed by atoms with Gasteiger partial charge in [0.15, 0.2) is 5.69 Å². The number of H-pyrrole nitrogens is 1. The van der Waals surface area contributed by atoms with E-state index in [2.05, 4.69) is 10.2 Å². The van der Waals surface area contributed by atoms with E-state index in [1.54, 1.807) is 4.90 Å². The molecule has 0 radical (unpaired) electrons. The summed E-state index contributed by atoms with van der Waals surface area (Å²) in [6.45, 7) is 1.18. The van der Waals surface area contributed by atoms with Crippen LogP contribution in [0.1, 0.15) is 41.0 Å². The number of fused-ring (bicyclic) bond motifs is 1. The van der Waals surface area contributed by atoms with E-state index in [1.165, 1.54) is 0 Å². The largest absolute Gasteiger partial charge is 0.391 e. The molecular weight excluding hydrogens is 218 g/mol. The molecule has 2 aliphatic rings. The summed E-state index contributed by atoms with van der Waals surface area (Å²) in [5.74, 6) is -0.0249. The molecule has 0 saturated carbocycles. The minimum absolute atomic E-state index is 0.0249. The van der Waals surface area contributed by atoms with Gasteiger partial charge >= 0.3 is 0 Å². The van der Waals surface area contributed by atoms with E-state index in [9.17, 15) is 9.90 Å². The molecule has 92 valence electrons. The van der Waals surface area contributed by atoms with E-state index in [4.69, 9.17) is 0 Å². The highest BCUT2D eigenvalue weighted by Crippen LogP contribution is 2.24. The Hall–Kier alpha value is -1.36. The normalized spacial score (nSPS) is 23.8. The molecule has 17 heavy (non-hydrogen) atoms. The lowest BCUT2D eigenvalue weighted by molar-refractivity contribution is 0.0468. The van der Waals surface area contributed by atoms with Gasteiger partial charge in [-0.1, -0.05) is 0 Å². The highest BCUT2D eigenvalue weighted by Gasteiger charge is 2.29. The van der Waals surface area contributed by atoms with Crippen LogP contribution < -0.4 is 0 Å². The average molecular weight is 235 g/mol. The second-order valence-corrected chi connectivity index (χ2v) is 4.93. The number of likely N-dealkylation sites (tertiary alicyclic amines) is 1. The smallest absolute Gasteiger partial charge is 0.274 e. The summed E-state index contributed by atoms with van der Waals surface area (Å²) in [6.07, 6.45) is 4.34. The summed E-state index contributed by atoms with van der Waals surface area (Å²) >= 11 is 0. The summed E-state index contributed by atoms with van der Waals surface area (Å²) < 4.78 is 0. The van der Waals surface area contributed by atoms with E-state index >= 15 is 0 Å². The van der Waals surface area contributed by atoms with E-state index in [0.717, 1.165) is 49.9 Å². The van der Waals surface area contributed by atoms with Crippen molar-refractivity contribution in [1.29, 1.82) is 0 Å². The number of hydrogen-bond acceptors (Lipinski definition) is 3. The van der Waals surface area contributed by atoms with Crippen LogP contribution in [0, 0.1) is 0 Å². The fraction of sp³-hybridized carbons (Fsp3) is 0.667. The van der Waals surface area contributed by atoms with Gasteiger partial charge in [-0.3, -0.25) is 9.89 Å². The van der Waals surface area contributed by atoms with Gasteiger partial charge in [0.25, 0.3) is 5.91 Å². The minimum atomic E-state index is -0.375. The zero-order valence-corrected chi connectivity index (χ0v) is 9.78. The van der Waals surface area contributed by atoms with Gasteiger partial charge in [-0.25, -0.2) is 0 Å². The van der Waals surface area contributed by atoms with Crippen molar-refractivity contribution in [2.75, 3.05) is 13.1 Å². The van der Waals surface area contributed by atoms with Crippen LogP contribution in [-0.2, 0) is 12.8 Å². The van der Waals surface area contributed by atoms with Gasteiger partial charge in [0.1, 0.15) is 0 Å². The van der Waals surface area contributed by atoms with Crippen molar-refractivity contribution in [2.45, 2.75) is 38.2 Å². The van der Waals surface area contributed by atoms with Crippen molar-refractivity contribution < 1.29 is 9.90 Å². The second kappa shape index (κ2) is 4.14. The van der Waals surface area contributed by atoms with Crippen molar-refractivity contribution in [3.8, 4) is 0 Å². The Balaban J connectivity index is 1.81. The molecule has 0 aromatic carbocycles. The third-order valence-corrected chi connectivity index (χ3v) is 3.69. The van der Waals surface area contributed by atoms with Crippen LogP contribution in [0.2, 0.25) is 0 Å². The monoisotopic (exact) mass is 235 g/mol. The zero-order chi connectivity index (χ0) is 11.8. The van der Waals surface area contributed by atoms with Crippen LogP contribution in [0.5, 0.6) is 0 Å². The van der Waals surface area contributed by atoms with Gasteiger partial charge in [-0.15, -0.1) is 0 Å². The predicted octanol–water partition coefficient (Wildman–Crippen LogP) is 0.495. The Labute approximate surface area is 99.8 Å². The summed E-state index contributed by atoms with van der Waals surface area (Å²) in [5.41, 5.74) is 2.78. The van der Waals surface area contributed by atoms with Gasteiger partial charge in [0, 0.05) is 24.3 Å². The second-order valence-electron chi connectivity index (χ2n) is 4.93. The van der Waals surface area contributed by atoms with E-state index < -0.39 is 0 Å². The predicted molar refractivity (Wildman–Crippen MR) is 61.8 cm³/mol. The van der Waals surface area contributed by atoms with Crippen LogP contribution in [0.3, 0.4) is 0 Å². The fourth-order valence-corrected chi connectivity index (χ4v) is 2.79. The summed E-state index contributed by atoms with van der Waals surface area (Å²) in [5, 5.41) is 16.7. The number of nitrogens with zero attached hydrogens (tertiary/aromatic N) is 2. The number of aliphatic hydroxyl groups excluding tert-OH is 1. The van der Waals surface area contributed by atoms with Crippen molar-refractivity contribution in [2.24, 2.45) is 0 Å². The summed E-state index contributed by atoms with van der Waals surface area (Å²) in [7, 11) is 0. The van der Waals surface area contributed by atoms with E-state index in [1.807, 2.05) is 0 Å². The van der Waals surface area contributed by atoms with Gasteiger partial charge < -0.3 is 10.0 Å². The summed E-state index contributed by atoms with van der Waals surface area (Å²) in [4.78, 5) is 14.0. The highest BCUT2D eigenvalue weighted by molar-refractivity contribution is 5.94. The average Bonchev–Trinajstić information content (AvgIpc) is 2.89. The molecule has 5 nitrogen and oxygen atoms in total. The van der Waals surface area contributed by atoms with E-state index in [-0.39, 0.29) is 12.0 Å². The first-order valence-electron chi connectivity index (χ1n) is 6.29. The van der Waals surface area contributed by atoms with Crippen LogP contribution >= 0.6 is 0 Å². The first-order chi connectivity index (χ1) is 8.25.